The number of nitrogens with zero attached hydrogens (tertiary/aromatic N) is 1. The van der Waals surface area contributed by atoms with Crippen molar-refractivity contribution in [3.8, 4) is 5.75 Å². The van der Waals surface area contributed by atoms with Gasteiger partial charge in [-0.1, -0.05) is 47.0 Å². The van der Waals surface area contributed by atoms with Crippen molar-refractivity contribution >= 4 is 0 Å². The largest absolute Gasteiger partial charge is 1.00 e. The molecule has 0 unspecified atom stereocenters. The third-order valence-corrected chi connectivity index (χ3v) is 9.70. The number of hydrogen-bond donors (Lipinski definition) is 0. The fourth-order valence-corrected chi connectivity index (χ4v) is 8.22. The molecule has 1 aromatic carbocycles. The quantitative estimate of drug-likeness (QED) is 0.356. The Hall–Kier alpha value is -0.580. The van der Waals surface area contributed by atoms with Crippen molar-refractivity contribution < 1.29 is 30.9 Å². The van der Waals surface area contributed by atoms with Crippen LogP contribution in [0.4, 0.5) is 0 Å². The molecule has 182 valence electrons. The molecule has 32 heavy (non-hydrogen) atoms. The van der Waals surface area contributed by atoms with E-state index in [4.69, 9.17) is 9.47 Å². The first kappa shape index (κ1) is 26.0. The number of hydrogen-bond acceptors (Lipinski definition) is 2. The van der Waals surface area contributed by atoms with E-state index in [-0.39, 0.29) is 22.6 Å². The zero-order valence-corrected chi connectivity index (χ0v) is 22.9. The molecule has 0 bridgehead atoms. The fourth-order valence-electron chi connectivity index (χ4n) is 8.22. The molecule has 1 aliphatic carbocycles. The average molecular weight is 509 g/mol. The summed E-state index contributed by atoms with van der Waals surface area (Å²) in [5.74, 6) is 3.84. The summed E-state index contributed by atoms with van der Waals surface area (Å²) in [6.07, 6.45) is 7.87. The molecule has 0 amide bonds. The van der Waals surface area contributed by atoms with Gasteiger partial charge in [-0.25, -0.2) is 0 Å². The van der Waals surface area contributed by atoms with Crippen molar-refractivity contribution in [2.75, 3.05) is 26.8 Å². The summed E-state index contributed by atoms with van der Waals surface area (Å²) < 4.78 is 13.7. The van der Waals surface area contributed by atoms with Crippen molar-refractivity contribution in [1.82, 2.24) is 0 Å². The van der Waals surface area contributed by atoms with Crippen molar-refractivity contribution in [1.29, 1.82) is 0 Å². The Bertz CT molecular complexity index is 752. The number of unbranched alkanes of at least 4 members (excludes halogenated alkanes) is 3. The summed E-state index contributed by atoms with van der Waals surface area (Å²) in [6, 6.07) is 8.85. The molecule has 4 heteroatoms. The van der Waals surface area contributed by atoms with Crippen LogP contribution in [0.5, 0.6) is 5.75 Å². The fraction of sp³-hybridized carbons (Fsp3) is 0.786. The smallest absolute Gasteiger partial charge is 0.128 e. The first-order chi connectivity index (χ1) is 14.8. The van der Waals surface area contributed by atoms with Gasteiger partial charge in [0, 0.05) is 29.9 Å². The van der Waals surface area contributed by atoms with Crippen LogP contribution in [0.2, 0.25) is 0 Å². The van der Waals surface area contributed by atoms with Crippen LogP contribution in [0.1, 0.15) is 78.7 Å². The molecule has 3 nitrogen and oxygen atoms in total. The lowest BCUT2D eigenvalue weighted by atomic mass is 9.72. The highest BCUT2D eigenvalue weighted by Gasteiger charge is 2.78. The summed E-state index contributed by atoms with van der Waals surface area (Å²) in [5.41, 5.74) is 1.82. The van der Waals surface area contributed by atoms with Crippen LogP contribution in [0, 0.1) is 23.7 Å². The van der Waals surface area contributed by atoms with E-state index in [9.17, 15) is 0 Å². The SMILES string of the molecule is CCCCCCO[C@]1(C(C)C)C[N@+]2(Cc3ccc(OC)cc3)C[C@@H](C)[C@@H]3CC[C@H]1[C@@]32C.[Br-]. The van der Waals surface area contributed by atoms with E-state index in [0.29, 0.717) is 17.4 Å². The van der Waals surface area contributed by atoms with E-state index < -0.39 is 0 Å². The van der Waals surface area contributed by atoms with Gasteiger partial charge in [0.1, 0.15) is 30.0 Å². The van der Waals surface area contributed by atoms with Gasteiger partial charge >= 0.3 is 0 Å². The Morgan fingerprint density at radius 3 is 2.44 bits per heavy atom. The number of ether oxygens (including phenoxy) is 2. The predicted molar refractivity (Wildman–Crippen MR) is 128 cm³/mol. The second-order valence-corrected chi connectivity index (χ2v) is 11.5. The zero-order chi connectivity index (χ0) is 22.3. The van der Waals surface area contributed by atoms with E-state index in [2.05, 4.69) is 58.9 Å². The van der Waals surface area contributed by atoms with Crippen LogP contribution in [0.25, 0.3) is 0 Å². The third-order valence-electron chi connectivity index (χ3n) is 9.70. The molecule has 4 rings (SSSR count). The molecular formula is C28H46BrNO2. The Morgan fingerprint density at radius 1 is 1.09 bits per heavy atom. The molecule has 6 atom stereocenters. The summed E-state index contributed by atoms with van der Waals surface area (Å²) in [4.78, 5) is 0. The lowest BCUT2D eigenvalue weighted by Gasteiger charge is -2.43. The van der Waals surface area contributed by atoms with Crippen LogP contribution >= 0.6 is 0 Å². The van der Waals surface area contributed by atoms with Crippen molar-refractivity contribution in [3.05, 3.63) is 29.8 Å². The highest BCUT2D eigenvalue weighted by atomic mass is 79.9. The van der Waals surface area contributed by atoms with Gasteiger partial charge in [0.2, 0.25) is 0 Å². The molecular weight excluding hydrogens is 462 g/mol. The molecule has 2 aliphatic heterocycles. The molecule has 1 aromatic rings. The van der Waals surface area contributed by atoms with Crippen LogP contribution in [0.3, 0.4) is 0 Å². The Balaban J connectivity index is 0.00000289. The lowest BCUT2D eigenvalue weighted by Crippen LogP contribution is -3.00. The topological polar surface area (TPSA) is 18.5 Å². The van der Waals surface area contributed by atoms with Crippen LogP contribution in [-0.2, 0) is 11.3 Å². The van der Waals surface area contributed by atoms with E-state index in [1.54, 1.807) is 7.11 Å². The number of rotatable bonds is 10. The molecule has 3 fully saturated rings. The molecule has 0 radical (unpaired) electrons. The maximum Gasteiger partial charge on any atom is 0.128 e. The van der Waals surface area contributed by atoms with Crippen LogP contribution < -0.4 is 21.7 Å². The van der Waals surface area contributed by atoms with Crippen molar-refractivity contribution in [3.63, 3.8) is 0 Å². The Morgan fingerprint density at radius 2 is 1.81 bits per heavy atom. The van der Waals surface area contributed by atoms with E-state index >= 15 is 0 Å². The number of benzene rings is 1. The summed E-state index contributed by atoms with van der Waals surface area (Å²) >= 11 is 0. The first-order valence-electron chi connectivity index (χ1n) is 13.0. The molecule has 1 saturated carbocycles. The zero-order valence-electron chi connectivity index (χ0n) is 21.3. The summed E-state index contributed by atoms with van der Waals surface area (Å²) in [5, 5.41) is 0. The maximum absolute atomic E-state index is 7.03. The van der Waals surface area contributed by atoms with Gasteiger partial charge in [0.15, 0.2) is 0 Å². The van der Waals surface area contributed by atoms with E-state index in [1.165, 1.54) is 61.7 Å². The number of halogens is 1. The second kappa shape index (κ2) is 9.96. The normalized spacial score (nSPS) is 37.5. The van der Waals surface area contributed by atoms with Gasteiger partial charge in [-0.3, -0.25) is 0 Å². The molecule has 2 saturated heterocycles. The van der Waals surface area contributed by atoms with Gasteiger partial charge < -0.3 is 30.9 Å². The average Bonchev–Trinajstić information content (AvgIpc) is 3.28. The lowest BCUT2D eigenvalue weighted by molar-refractivity contribution is -0.968. The van der Waals surface area contributed by atoms with E-state index in [1.807, 2.05) is 0 Å². The maximum atomic E-state index is 7.03. The monoisotopic (exact) mass is 507 g/mol. The predicted octanol–water partition coefficient (Wildman–Crippen LogP) is 3.46. The third kappa shape index (κ3) is 3.96. The first-order valence-corrected chi connectivity index (χ1v) is 13.0. The van der Waals surface area contributed by atoms with Gasteiger partial charge in [0.05, 0.1) is 13.7 Å². The molecule has 2 heterocycles. The van der Waals surface area contributed by atoms with Gasteiger partial charge in [0.25, 0.3) is 0 Å². The minimum Gasteiger partial charge on any atom is -1.00 e. The van der Waals surface area contributed by atoms with Gasteiger partial charge in [-0.15, -0.1) is 0 Å². The molecule has 3 aliphatic rings. The second-order valence-electron chi connectivity index (χ2n) is 11.5. The van der Waals surface area contributed by atoms with Crippen molar-refractivity contribution in [2.24, 2.45) is 23.7 Å². The molecule has 0 N–H and O–H groups in total. The summed E-state index contributed by atoms with van der Waals surface area (Å²) in [7, 11) is 1.75. The Kier molecular flexibility index (Phi) is 8.10. The highest BCUT2D eigenvalue weighted by molar-refractivity contribution is 5.27. The van der Waals surface area contributed by atoms with Gasteiger partial charge in [-0.05, 0) is 56.4 Å². The minimum absolute atomic E-state index is 0. The highest BCUT2D eigenvalue weighted by Crippen LogP contribution is 2.67. The van der Waals surface area contributed by atoms with Gasteiger partial charge in [-0.2, -0.15) is 0 Å². The van der Waals surface area contributed by atoms with Crippen LogP contribution in [0.15, 0.2) is 24.3 Å². The van der Waals surface area contributed by atoms with Crippen LogP contribution in [-0.4, -0.2) is 42.4 Å². The summed E-state index contributed by atoms with van der Waals surface area (Å²) in [6.45, 7) is 16.9. The molecule has 0 aromatic heterocycles. The van der Waals surface area contributed by atoms with E-state index in [0.717, 1.165) is 30.7 Å². The molecule has 0 spiro atoms. The minimum atomic E-state index is 0. The Labute approximate surface area is 207 Å². The number of methoxy groups -OCH3 is 1. The standard InChI is InChI=1S/C28H46NO2.BrH/c1-7-8-9-10-17-31-28(21(2)3)20-29(19-23-11-13-24(30-6)14-12-23)18-22(4)25-15-16-26(28)27(25,29)5;/h11-14,21-22,25-26H,7-10,15-20H2,1-6H3;1H/q+1;/p-1/t22-,25+,26+,27-,28+,29-;/m1./s1. The van der Waals surface area contributed by atoms with Crippen molar-refractivity contribution in [2.45, 2.75) is 90.8 Å². The number of quaternary nitrogens is 1.